The molecule has 0 amide bonds. The van der Waals surface area contributed by atoms with Crippen molar-refractivity contribution in [3.8, 4) is 0 Å². The van der Waals surface area contributed by atoms with Gasteiger partial charge in [-0.25, -0.2) is 0 Å². The Morgan fingerprint density at radius 2 is 1.18 bits per heavy atom. The Kier molecular flexibility index (Phi) is 16.2. The number of benzene rings is 2. The first kappa shape index (κ1) is 37.5. The van der Waals surface area contributed by atoms with Gasteiger partial charge in [-0.15, -0.1) is 0 Å². The lowest BCUT2D eigenvalue weighted by molar-refractivity contribution is -0.279. The fraction of sp³-hybridized carbons (Fsp3) is 0.536. The molecule has 0 aliphatic rings. The van der Waals surface area contributed by atoms with Crippen molar-refractivity contribution in [1.29, 1.82) is 0 Å². The van der Waals surface area contributed by atoms with Gasteiger partial charge in [-0.2, -0.15) is 26.3 Å². The molecule has 12 heteroatoms. The molecule has 0 fully saturated rings. The Morgan fingerprint density at radius 1 is 0.775 bits per heavy atom. The molecule has 8 N–H and O–H groups in total. The Bertz CT molecular complexity index is 980. The molecule has 2 aromatic carbocycles. The Hall–Kier alpha value is -2.51. The number of hydrogen-bond acceptors (Lipinski definition) is 6. The van der Waals surface area contributed by atoms with Gasteiger partial charge in [0.05, 0.1) is 0 Å². The number of alkyl halides is 6. The van der Waals surface area contributed by atoms with Crippen molar-refractivity contribution in [1.82, 2.24) is 5.32 Å². The molecule has 3 unspecified atom stereocenters. The summed E-state index contributed by atoms with van der Waals surface area (Å²) in [5, 5.41) is 12.0. The van der Waals surface area contributed by atoms with Gasteiger partial charge in [0.2, 0.25) is 5.72 Å². The first-order chi connectivity index (χ1) is 18.5. The van der Waals surface area contributed by atoms with Crippen LogP contribution in [0.3, 0.4) is 0 Å². The second-order valence-electron chi connectivity index (χ2n) is 9.19. The monoisotopic (exact) mass is 580 g/mol. The average Bonchev–Trinajstić information content (AvgIpc) is 2.94. The summed E-state index contributed by atoms with van der Waals surface area (Å²) in [7, 11) is 0. The zero-order chi connectivity index (χ0) is 31.1. The van der Waals surface area contributed by atoms with Crippen molar-refractivity contribution >= 4 is 5.78 Å². The highest BCUT2D eigenvalue weighted by molar-refractivity contribution is 6.00. The predicted octanol–water partition coefficient (Wildman–Crippen LogP) is 5.30. The van der Waals surface area contributed by atoms with Crippen molar-refractivity contribution in [2.24, 2.45) is 17.2 Å². The number of halogens is 6. The lowest BCUT2D eigenvalue weighted by atomic mass is 9.94. The van der Waals surface area contributed by atoms with Gasteiger partial charge >= 0.3 is 12.4 Å². The molecule has 40 heavy (non-hydrogen) atoms. The zero-order valence-corrected chi connectivity index (χ0v) is 23.4. The number of carbonyl (C=O) groups is 1. The van der Waals surface area contributed by atoms with Gasteiger partial charge in [0.25, 0.3) is 5.78 Å². The summed E-state index contributed by atoms with van der Waals surface area (Å²) in [6.45, 7) is 9.05. The smallest absolute Gasteiger partial charge is 0.364 e. The molecule has 2 rings (SSSR count). The average molecular weight is 581 g/mol. The van der Waals surface area contributed by atoms with E-state index in [0.29, 0.717) is 13.1 Å². The topological polar surface area (TPSA) is 127 Å². The lowest BCUT2D eigenvalue weighted by Gasteiger charge is -2.32. The van der Waals surface area contributed by atoms with Crippen LogP contribution in [-0.4, -0.2) is 49.4 Å². The van der Waals surface area contributed by atoms with Crippen molar-refractivity contribution < 1.29 is 36.2 Å². The summed E-state index contributed by atoms with van der Waals surface area (Å²) < 4.78 is 75.6. The third-order valence-electron chi connectivity index (χ3n) is 6.22. The molecule has 3 atom stereocenters. The third kappa shape index (κ3) is 11.5. The summed E-state index contributed by atoms with van der Waals surface area (Å²) in [6.07, 6.45) is -7.81. The van der Waals surface area contributed by atoms with Gasteiger partial charge in [0.15, 0.2) is 0 Å². The molecular weight excluding hydrogens is 538 g/mol. The van der Waals surface area contributed by atoms with Crippen LogP contribution < -0.4 is 22.5 Å². The normalized spacial score (nSPS) is 14.6. The molecule has 0 spiro atoms. The van der Waals surface area contributed by atoms with Gasteiger partial charge in [0, 0.05) is 37.3 Å². The first-order valence-electron chi connectivity index (χ1n) is 13.0. The molecule has 6 nitrogen and oxygen atoms in total. The van der Waals surface area contributed by atoms with Crippen LogP contribution in [0, 0.1) is 0 Å². The standard InChI is InChI=1S/C14H21F3N2O.C12H13F3O.C2H8N2/c1-3-10(2)11-4-6-12(7-5-11)13(20,14(15,16)17)19-9-8-18;1-3-8(2)9-4-6-10(7-5-9)11(16)12(13,14)15;3-1-2-4/h4-7,10,19-20H,3,8-9,18H2,1-2H3;4-8H,3H2,1-2H3;1-4H2. The maximum absolute atomic E-state index is 13.1. The second-order valence-corrected chi connectivity index (χ2v) is 9.19. The van der Waals surface area contributed by atoms with Crippen molar-refractivity contribution in [2.45, 2.75) is 70.4 Å². The number of rotatable bonds is 10. The number of hydrogen-bond donors (Lipinski definition) is 5. The van der Waals surface area contributed by atoms with Crippen LogP contribution in [0.15, 0.2) is 48.5 Å². The lowest BCUT2D eigenvalue weighted by Crippen LogP contribution is -2.55. The molecule has 0 aliphatic heterocycles. The maximum atomic E-state index is 13.1. The molecule has 0 saturated heterocycles. The highest BCUT2D eigenvalue weighted by Crippen LogP contribution is 2.37. The van der Waals surface area contributed by atoms with E-state index in [1.807, 2.05) is 27.7 Å². The van der Waals surface area contributed by atoms with Gasteiger partial charge in [-0.3, -0.25) is 10.1 Å². The minimum Gasteiger partial charge on any atom is -0.364 e. The maximum Gasteiger partial charge on any atom is 0.454 e. The van der Waals surface area contributed by atoms with Crippen molar-refractivity contribution in [3.63, 3.8) is 0 Å². The Morgan fingerprint density at radius 3 is 1.48 bits per heavy atom. The Balaban J connectivity index is 0.000000682. The van der Waals surface area contributed by atoms with E-state index < -0.39 is 23.9 Å². The first-order valence-corrected chi connectivity index (χ1v) is 13.0. The van der Waals surface area contributed by atoms with Crippen LogP contribution in [0.25, 0.3) is 0 Å². The molecule has 0 bridgehead atoms. The highest BCUT2D eigenvalue weighted by atomic mass is 19.4. The number of aliphatic hydroxyl groups is 1. The minimum atomic E-state index is -4.82. The summed E-state index contributed by atoms with van der Waals surface area (Å²) in [5.41, 5.74) is 13.3. The SMILES string of the molecule is CCC(C)c1ccc(C(=O)C(F)(F)F)cc1.CCC(C)c1ccc(C(O)(NCCN)C(F)(F)F)cc1.NCCN. The van der Waals surface area contributed by atoms with E-state index in [9.17, 15) is 36.2 Å². The molecule has 0 radical (unpaired) electrons. The van der Waals surface area contributed by atoms with Gasteiger partial charge in [-0.1, -0.05) is 76.2 Å². The summed E-state index contributed by atoms with van der Waals surface area (Å²) in [4.78, 5) is 10.9. The summed E-state index contributed by atoms with van der Waals surface area (Å²) in [6, 6.07) is 11.5. The number of ketones is 1. The number of Topliss-reactive ketones (excluding diaryl/α,β-unsaturated/α-hetero) is 1. The largest absolute Gasteiger partial charge is 0.454 e. The van der Waals surface area contributed by atoms with Crippen molar-refractivity contribution in [2.75, 3.05) is 26.2 Å². The van der Waals surface area contributed by atoms with Gasteiger partial charge < -0.3 is 22.3 Å². The van der Waals surface area contributed by atoms with E-state index in [4.69, 9.17) is 17.2 Å². The van der Waals surface area contributed by atoms with Crippen LogP contribution in [0.5, 0.6) is 0 Å². The minimum absolute atomic E-state index is 0.00332. The number of nitrogens with one attached hydrogen (secondary N) is 1. The van der Waals surface area contributed by atoms with Crippen molar-refractivity contribution in [3.05, 3.63) is 70.8 Å². The van der Waals surface area contributed by atoms with Crippen LogP contribution in [-0.2, 0) is 5.72 Å². The van der Waals surface area contributed by atoms with Crippen LogP contribution in [0.4, 0.5) is 26.3 Å². The van der Waals surface area contributed by atoms with E-state index in [2.05, 4.69) is 5.32 Å². The fourth-order valence-corrected chi connectivity index (χ4v) is 3.27. The third-order valence-corrected chi connectivity index (χ3v) is 6.22. The molecule has 228 valence electrons. The molecule has 2 aromatic rings. The molecule has 0 aliphatic carbocycles. The van der Waals surface area contributed by atoms with Crippen LogP contribution in [0.1, 0.15) is 79.4 Å². The summed E-state index contributed by atoms with van der Waals surface area (Å²) >= 11 is 0. The zero-order valence-electron chi connectivity index (χ0n) is 23.4. The van der Waals surface area contributed by atoms with E-state index in [1.54, 1.807) is 24.3 Å². The molecule has 0 saturated carbocycles. The number of carbonyl (C=O) groups excluding carboxylic acids is 1. The quantitative estimate of drug-likeness (QED) is 0.147. The Labute approximate surface area is 232 Å². The van der Waals surface area contributed by atoms with Crippen LogP contribution in [0.2, 0.25) is 0 Å². The fourth-order valence-electron chi connectivity index (χ4n) is 3.27. The van der Waals surface area contributed by atoms with E-state index in [1.165, 1.54) is 24.3 Å². The molecule has 0 aromatic heterocycles. The molecule has 0 heterocycles. The highest BCUT2D eigenvalue weighted by Gasteiger charge is 2.54. The predicted molar refractivity (Wildman–Crippen MR) is 146 cm³/mol. The van der Waals surface area contributed by atoms with E-state index >= 15 is 0 Å². The summed E-state index contributed by atoms with van der Waals surface area (Å²) in [5.74, 6) is -1.24. The second kappa shape index (κ2) is 17.3. The molecular formula is C28H42F6N4O2. The van der Waals surface area contributed by atoms with E-state index in [-0.39, 0.29) is 36.1 Å². The van der Waals surface area contributed by atoms with Gasteiger partial charge in [0.1, 0.15) is 0 Å². The van der Waals surface area contributed by atoms with Gasteiger partial charge in [-0.05, 0) is 35.8 Å². The van der Waals surface area contributed by atoms with Crippen LogP contribution >= 0.6 is 0 Å². The number of nitrogens with two attached hydrogens (primary N) is 3. The van der Waals surface area contributed by atoms with E-state index in [0.717, 1.165) is 24.0 Å².